The first-order chi connectivity index (χ1) is 8.77. The van der Waals surface area contributed by atoms with Crippen molar-refractivity contribution in [2.75, 3.05) is 0 Å². The van der Waals surface area contributed by atoms with Crippen LogP contribution in [0.25, 0.3) is 5.78 Å². The predicted molar refractivity (Wildman–Crippen MR) is 56.5 cm³/mol. The normalized spacial score (nSPS) is 13.7. The lowest BCUT2D eigenvalue weighted by atomic mass is 10.0. The summed E-state index contributed by atoms with van der Waals surface area (Å²) in [5, 5.41) is 11.9. The first-order valence-corrected chi connectivity index (χ1v) is 5.28. The smallest absolute Gasteiger partial charge is 0.453 e. The van der Waals surface area contributed by atoms with E-state index in [1.807, 2.05) is 0 Å². The molecule has 2 aromatic rings. The monoisotopic (exact) mass is 274 g/mol. The Morgan fingerprint density at radius 2 is 2.21 bits per heavy atom. The van der Waals surface area contributed by atoms with Crippen LogP contribution in [-0.4, -0.2) is 30.7 Å². The van der Waals surface area contributed by atoms with Gasteiger partial charge in [-0.2, -0.15) is 18.2 Å². The number of carboxylic acid groups (broad SMARTS) is 1. The van der Waals surface area contributed by atoms with Gasteiger partial charge in [0, 0.05) is 12.4 Å². The maximum atomic E-state index is 12.4. The number of rotatable bonds is 3. The Bertz CT molecular complexity index is 623. The van der Waals surface area contributed by atoms with Gasteiger partial charge in [-0.1, -0.05) is 6.92 Å². The maximum absolute atomic E-state index is 12.4. The summed E-state index contributed by atoms with van der Waals surface area (Å²) in [6.45, 7) is 1.64. The summed E-state index contributed by atoms with van der Waals surface area (Å²) in [6, 6.07) is 0. The lowest BCUT2D eigenvalue weighted by molar-refractivity contribution is -0.144. The summed E-state index contributed by atoms with van der Waals surface area (Å²) >= 11 is 0. The number of fused-ring (bicyclic) bond motifs is 1. The van der Waals surface area contributed by atoms with Gasteiger partial charge in [-0.25, -0.2) is 9.50 Å². The highest BCUT2D eigenvalue weighted by Crippen LogP contribution is 2.26. The predicted octanol–water partition coefficient (Wildman–Crippen LogP) is 1.72. The molecular formula is C10H9F3N4O2. The van der Waals surface area contributed by atoms with Crippen LogP contribution in [0.3, 0.4) is 0 Å². The van der Waals surface area contributed by atoms with Crippen molar-refractivity contribution in [3.63, 3.8) is 0 Å². The maximum Gasteiger partial charge on any atom is 0.453 e. The van der Waals surface area contributed by atoms with Gasteiger partial charge in [0.2, 0.25) is 0 Å². The third kappa shape index (κ3) is 2.80. The Morgan fingerprint density at radius 1 is 1.53 bits per heavy atom. The molecule has 0 aromatic carbocycles. The van der Waals surface area contributed by atoms with Crippen LogP contribution in [0.1, 0.15) is 30.7 Å². The molecular weight excluding hydrogens is 265 g/mol. The van der Waals surface area contributed by atoms with Gasteiger partial charge in [0.25, 0.3) is 11.6 Å². The fraction of sp³-hybridized carbons (Fsp3) is 0.400. The number of hydrogen-bond acceptors (Lipinski definition) is 4. The first-order valence-electron chi connectivity index (χ1n) is 5.28. The van der Waals surface area contributed by atoms with E-state index in [-0.39, 0.29) is 18.1 Å². The summed E-state index contributed by atoms with van der Waals surface area (Å²) in [4.78, 5) is 17.6. The fourth-order valence-corrected chi connectivity index (χ4v) is 1.55. The van der Waals surface area contributed by atoms with Crippen molar-refractivity contribution < 1.29 is 23.1 Å². The van der Waals surface area contributed by atoms with Gasteiger partial charge in [0.05, 0.1) is 6.42 Å². The molecule has 2 aromatic heterocycles. The first kappa shape index (κ1) is 13.2. The van der Waals surface area contributed by atoms with E-state index in [2.05, 4.69) is 15.1 Å². The minimum Gasteiger partial charge on any atom is -0.481 e. The average Bonchev–Trinajstić information content (AvgIpc) is 2.69. The van der Waals surface area contributed by atoms with E-state index in [4.69, 9.17) is 5.11 Å². The van der Waals surface area contributed by atoms with Gasteiger partial charge in [0.15, 0.2) is 0 Å². The SMILES string of the molecule is CC(CC(=O)O)c1cnc2nc(C(F)(F)F)nn2c1. The highest BCUT2D eigenvalue weighted by atomic mass is 19.4. The topological polar surface area (TPSA) is 80.4 Å². The van der Waals surface area contributed by atoms with Crippen molar-refractivity contribution in [2.45, 2.75) is 25.4 Å². The molecule has 1 atom stereocenters. The molecule has 0 spiro atoms. The molecule has 19 heavy (non-hydrogen) atoms. The summed E-state index contributed by atoms with van der Waals surface area (Å²) in [5.41, 5.74) is 0.480. The van der Waals surface area contributed by atoms with Crippen molar-refractivity contribution in [3.8, 4) is 0 Å². The number of aliphatic carboxylic acids is 1. The zero-order chi connectivity index (χ0) is 14.2. The van der Waals surface area contributed by atoms with Crippen LogP contribution in [0, 0.1) is 0 Å². The molecule has 0 saturated heterocycles. The van der Waals surface area contributed by atoms with E-state index in [9.17, 15) is 18.0 Å². The van der Waals surface area contributed by atoms with Crippen LogP contribution >= 0.6 is 0 Å². The second-order valence-corrected chi connectivity index (χ2v) is 4.06. The zero-order valence-electron chi connectivity index (χ0n) is 9.72. The Morgan fingerprint density at radius 3 is 2.79 bits per heavy atom. The van der Waals surface area contributed by atoms with Crippen molar-refractivity contribution in [1.29, 1.82) is 0 Å². The van der Waals surface area contributed by atoms with E-state index in [0.29, 0.717) is 5.56 Å². The molecule has 2 heterocycles. The zero-order valence-corrected chi connectivity index (χ0v) is 9.72. The summed E-state index contributed by atoms with van der Waals surface area (Å²) in [6.07, 6.45) is -2.18. The van der Waals surface area contributed by atoms with Gasteiger partial charge < -0.3 is 5.11 Å². The number of carbonyl (C=O) groups is 1. The number of carboxylic acids is 1. The van der Waals surface area contributed by atoms with Crippen molar-refractivity contribution in [3.05, 3.63) is 23.8 Å². The van der Waals surface area contributed by atoms with Crippen molar-refractivity contribution in [1.82, 2.24) is 19.6 Å². The van der Waals surface area contributed by atoms with Crippen molar-refractivity contribution in [2.24, 2.45) is 0 Å². The molecule has 0 bridgehead atoms. The second kappa shape index (κ2) is 4.48. The minimum atomic E-state index is -4.64. The van der Waals surface area contributed by atoms with E-state index in [1.165, 1.54) is 12.4 Å². The van der Waals surface area contributed by atoms with Gasteiger partial charge in [-0.3, -0.25) is 4.79 Å². The third-order valence-corrected chi connectivity index (χ3v) is 2.52. The average molecular weight is 274 g/mol. The minimum absolute atomic E-state index is 0.145. The van der Waals surface area contributed by atoms with Crippen LogP contribution in [0.5, 0.6) is 0 Å². The number of hydrogen-bond donors (Lipinski definition) is 1. The number of nitrogens with zero attached hydrogens (tertiary/aromatic N) is 4. The largest absolute Gasteiger partial charge is 0.481 e. The van der Waals surface area contributed by atoms with Gasteiger partial charge in [-0.15, -0.1) is 5.10 Å². The third-order valence-electron chi connectivity index (χ3n) is 2.52. The number of alkyl halides is 3. The highest BCUT2D eigenvalue weighted by molar-refractivity contribution is 5.67. The van der Waals surface area contributed by atoms with Crippen LogP contribution in [0.2, 0.25) is 0 Å². The Labute approximate surface area is 104 Å². The van der Waals surface area contributed by atoms with E-state index in [1.54, 1.807) is 6.92 Å². The molecule has 102 valence electrons. The van der Waals surface area contributed by atoms with Crippen LogP contribution in [0.4, 0.5) is 13.2 Å². The molecule has 0 aliphatic heterocycles. The quantitative estimate of drug-likeness (QED) is 0.921. The molecule has 0 radical (unpaired) electrons. The summed E-state index contributed by atoms with van der Waals surface area (Å²) < 4.78 is 38.1. The molecule has 1 N–H and O–H groups in total. The lowest BCUT2D eigenvalue weighted by Gasteiger charge is -2.07. The molecule has 0 amide bonds. The Kier molecular flexibility index (Phi) is 3.13. The highest BCUT2D eigenvalue weighted by Gasteiger charge is 2.36. The number of aromatic nitrogens is 4. The van der Waals surface area contributed by atoms with Crippen LogP contribution in [-0.2, 0) is 11.0 Å². The molecule has 9 heteroatoms. The Balaban J connectivity index is 2.38. The van der Waals surface area contributed by atoms with Crippen molar-refractivity contribution >= 4 is 11.7 Å². The number of halogens is 3. The van der Waals surface area contributed by atoms with Crippen LogP contribution < -0.4 is 0 Å². The van der Waals surface area contributed by atoms with Gasteiger partial charge in [0.1, 0.15) is 0 Å². The second-order valence-electron chi connectivity index (χ2n) is 4.06. The standard InChI is InChI=1S/C10H9F3N4O2/c1-5(2-7(18)19)6-3-14-9-15-8(10(11,12)13)16-17(9)4-6/h3-5H,2H2,1H3,(H,18,19). The molecule has 6 nitrogen and oxygen atoms in total. The summed E-state index contributed by atoms with van der Waals surface area (Å²) in [5.74, 6) is -2.84. The molecule has 1 unspecified atom stereocenters. The molecule has 0 saturated carbocycles. The molecule has 0 aliphatic carbocycles. The van der Waals surface area contributed by atoms with E-state index in [0.717, 1.165) is 4.52 Å². The lowest BCUT2D eigenvalue weighted by Crippen LogP contribution is -2.07. The molecule has 0 aliphatic rings. The molecule has 2 rings (SSSR count). The van der Waals surface area contributed by atoms with Gasteiger partial charge >= 0.3 is 12.1 Å². The van der Waals surface area contributed by atoms with E-state index < -0.39 is 18.0 Å². The summed E-state index contributed by atoms with van der Waals surface area (Å²) in [7, 11) is 0. The van der Waals surface area contributed by atoms with E-state index >= 15 is 0 Å². The Hall–Kier alpha value is -2.19. The van der Waals surface area contributed by atoms with Gasteiger partial charge in [-0.05, 0) is 11.5 Å². The fourth-order valence-electron chi connectivity index (χ4n) is 1.55. The van der Waals surface area contributed by atoms with Crippen LogP contribution in [0.15, 0.2) is 12.4 Å². The molecule has 0 fully saturated rings.